The van der Waals surface area contributed by atoms with Crippen molar-refractivity contribution in [1.82, 2.24) is 0 Å². The Morgan fingerprint density at radius 3 is 2.85 bits per heavy atom. The van der Waals surface area contributed by atoms with Crippen molar-refractivity contribution in [2.75, 3.05) is 13.2 Å². The van der Waals surface area contributed by atoms with Crippen molar-refractivity contribution < 1.29 is 14.3 Å². The molecule has 2 rings (SSSR count). The van der Waals surface area contributed by atoms with Crippen LogP contribution in [-0.2, 0) is 14.3 Å². The summed E-state index contributed by atoms with van der Waals surface area (Å²) in [5, 5.41) is 0.311. The smallest absolute Gasteiger partial charge is 0.219 e. The van der Waals surface area contributed by atoms with Crippen molar-refractivity contribution in [3.8, 4) is 0 Å². The third kappa shape index (κ3) is 1.89. The molecule has 72 valence electrons. The third-order valence-electron chi connectivity index (χ3n) is 2.16. The summed E-state index contributed by atoms with van der Waals surface area (Å²) in [5.41, 5.74) is 0.762. The molecule has 2 unspecified atom stereocenters. The molecule has 4 heteroatoms. The Balaban J connectivity index is 1.97. The van der Waals surface area contributed by atoms with Gasteiger partial charge >= 0.3 is 0 Å². The average Bonchev–Trinajstić information content (AvgIpc) is 2.84. The van der Waals surface area contributed by atoms with Gasteiger partial charge in [0.25, 0.3) is 0 Å². The Kier molecular flexibility index (Phi) is 2.34. The van der Waals surface area contributed by atoms with Crippen LogP contribution in [0.4, 0.5) is 0 Å². The molecule has 1 fully saturated rings. The lowest BCUT2D eigenvalue weighted by Gasteiger charge is -2.09. The van der Waals surface area contributed by atoms with Crippen LogP contribution in [0.3, 0.4) is 0 Å². The highest BCUT2D eigenvalue weighted by Gasteiger charge is 2.31. The molecule has 3 nitrogen and oxygen atoms in total. The van der Waals surface area contributed by atoms with E-state index in [9.17, 15) is 4.79 Å². The summed E-state index contributed by atoms with van der Waals surface area (Å²) in [6.07, 6.45) is 0.258. The van der Waals surface area contributed by atoms with Gasteiger partial charge in [-0.05, 0) is 13.8 Å². The van der Waals surface area contributed by atoms with Gasteiger partial charge in [-0.3, -0.25) is 4.79 Å². The summed E-state index contributed by atoms with van der Waals surface area (Å²) in [6.45, 7) is 5.19. The first-order valence-electron chi connectivity index (χ1n) is 4.34. The second-order valence-corrected chi connectivity index (χ2v) is 4.62. The van der Waals surface area contributed by atoms with Crippen molar-refractivity contribution in [1.29, 1.82) is 0 Å². The first kappa shape index (κ1) is 9.09. The number of epoxide rings is 1. The van der Waals surface area contributed by atoms with E-state index in [4.69, 9.17) is 9.47 Å². The zero-order valence-corrected chi connectivity index (χ0v) is 8.52. The zero-order valence-electron chi connectivity index (χ0n) is 7.70. The van der Waals surface area contributed by atoms with E-state index >= 15 is 0 Å². The Hall–Kier alpha value is -0.480. The molecule has 0 N–H and O–H groups in total. The topological polar surface area (TPSA) is 38.8 Å². The second kappa shape index (κ2) is 3.35. The number of rotatable bonds is 3. The quantitative estimate of drug-likeness (QED) is 0.644. The number of carbonyl (C=O) groups is 1. The largest absolute Gasteiger partial charge is 0.494 e. The van der Waals surface area contributed by atoms with Gasteiger partial charge in [0.2, 0.25) is 5.12 Å². The first-order valence-corrected chi connectivity index (χ1v) is 5.22. The van der Waals surface area contributed by atoms with E-state index in [0.717, 1.165) is 17.9 Å². The van der Waals surface area contributed by atoms with Crippen LogP contribution in [0.5, 0.6) is 0 Å². The van der Waals surface area contributed by atoms with Crippen molar-refractivity contribution in [3.63, 3.8) is 0 Å². The molecule has 0 spiro atoms. The van der Waals surface area contributed by atoms with Gasteiger partial charge in [0.05, 0.1) is 11.9 Å². The van der Waals surface area contributed by atoms with Gasteiger partial charge in [-0.1, -0.05) is 11.8 Å². The number of thioether (sulfide) groups is 1. The fourth-order valence-corrected chi connectivity index (χ4v) is 2.23. The minimum Gasteiger partial charge on any atom is -0.494 e. The number of hydrogen-bond acceptors (Lipinski definition) is 4. The number of ether oxygens (including phenoxy) is 2. The number of hydrogen-bond donors (Lipinski definition) is 0. The molecule has 13 heavy (non-hydrogen) atoms. The van der Waals surface area contributed by atoms with Crippen LogP contribution in [0, 0.1) is 0 Å². The van der Waals surface area contributed by atoms with Gasteiger partial charge < -0.3 is 9.47 Å². The van der Waals surface area contributed by atoms with Gasteiger partial charge in [0, 0.05) is 5.57 Å². The van der Waals surface area contributed by atoms with Gasteiger partial charge in [0.1, 0.15) is 18.5 Å². The molecule has 2 aliphatic heterocycles. The Labute approximate surface area is 81.5 Å². The Morgan fingerprint density at radius 2 is 2.38 bits per heavy atom. The molecule has 0 amide bonds. The lowest BCUT2D eigenvalue weighted by molar-refractivity contribution is -0.107. The van der Waals surface area contributed by atoms with Crippen molar-refractivity contribution in [3.05, 3.63) is 11.3 Å². The predicted octanol–water partition coefficient (Wildman–Crippen LogP) is 1.34. The maximum absolute atomic E-state index is 11.2. The van der Waals surface area contributed by atoms with E-state index in [-0.39, 0.29) is 16.5 Å². The van der Waals surface area contributed by atoms with Crippen molar-refractivity contribution in [2.24, 2.45) is 0 Å². The standard InChI is InChI=1S/C9H12O3S/c1-5-8(6(2)13-9(5)10)12-4-7-3-11-7/h6-7H,3-4H2,1-2H3. The maximum atomic E-state index is 11.2. The van der Waals surface area contributed by atoms with Gasteiger partial charge in [-0.25, -0.2) is 0 Å². The van der Waals surface area contributed by atoms with E-state index in [2.05, 4.69) is 0 Å². The van der Waals surface area contributed by atoms with Crippen LogP contribution < -0.4 is 0 Å². The minimum absolute atomic E-state index is 0.138. The first-order chi connectivity index (χ1) is 6.18. The highest BCUT2D eigenvalue weighted by atomic mass is 32.2. The molecule has 0 radical (unpaired) electrons. The minimum atomic E-state index is 0.138. The van der Waals surface area contributed by atoms with E-state index in [0.29, 0.717) is 6.61 Å². The molecule has 1 saturated heterocycles. The summed E-state index contributed by atoms with van der Waals surface area (Å²) in [5.74, 6) is 0.838. The Morgan fingerprint density at radius 1 is 1.69 bits per heavy atom. The molecule has 2 atom stereocenters. The van der Waals surface area contributed by atoms with Crippen LogP contribution in [0.1, 0.15) is 13.8 Å². The third-order valence-corrected chi connectivity index (χ3v) is 3.24. The van der Waals surface area contributed by atoms with E-state index in [1.807, 2.05) is 13.8 Å². The van der Waals surface area contributed by atoms with Crippen LogP contribution >= 0.6 is 11.8 Å². The van der Waals surface area contributed by atoms with Crippen LogP contribution in [0.25, 0.3) is 0 Å². The van der Waals surface area contributed by atoms with E-state index < -0.39 is 0 Å². The lowest BCUT2D eigenvalue weighted by Crippen LogP contribution is -2.07. The van der Waals surface area contributed by atoms with Gasteiger partial charge in [0.15, 0.2) is 0 Å². The van der Waals surface area contributed by atoms with Gasteiger partial charge in [-0.15, -0.1) is 0 Å². The lowest BCUT2D eigenvalue weighted by atomic mass is 10.2. The SMILES string of the molecule is CC1=C(OCC2CO2)C(C)SC1=O. The molecule has 0 bridgehead atoms. The molecule has 0 aromatic heterocycles. The highest BCUT2D eigenvalue weighted by Crippen LogP contribution is 2.34. The molecule has 0 aromatic rings. The predicted molar refractivity (Wildman–Crippen MR) is 50.5 cm³/mol. The fraction of sp³-hybridized carbons (Fsp3) is 0.667. The zero-order chi connectivity index (χ0) is 9.42. The average molecular weight is 200 g/mol. The monoisotopic (exact) mass is 200 g/mol. The molecule has 0 saturated carbocycles. The van der Waals surface area contributed by atoms with Crippen LogP contribution in [-0.4, -0.2) is 29.7 Å². The van der Waals surface area contributed by atoms with E-state index in [1.165, 1.54) is 11.8 Å². The van der Waals surface area contributed by atoms with Crippen molar-refractivity contribution in [2.45, 2.75) is 25.2 Å². The molecular formula is C9H12O3S. The molecule has 0 aliphatic carbocycles. The highest BCUT2D eigenvalue weighted by molar-refractivity contribution is 8.15. The summed E-state index contributed by atoms with van der Waals surface area (Å²) >= 11 is 1.33. The molecule has 0 aromatic carbocycles. The molecule has 2 aliphatic rings. The van der Waals surface area contributed by atoms with Crippen molar-refractivity contribution >= 4 is 16.9 Å². The molecular weight excluding hydrogens is 188 g/mol. The van der Waals surface area contributed by atoms with Gasteiger partial charge in [-0.2, -0.15) is 0 Å². The second-order valence-electron chi connectivity index (χ2n) is 3.30. The summed E-state index contributed by atoms with van der Waals surface area (Å²) in [4.78, 5) is 11.2. The summed E-state index contributed by atoms with van der Waals surface area (Å²) in [6, 6.07) is 0. The Bertz CT molecular complexity index is 268. The summed E-state index contributed by atoms with van der Waals surface area (Å²) < 4.78 is 10.6. The van der Waals surface area contributed by atoms with E-state index in [1.54, 1.807) is 0 Å². The normalized spacial score (nSPS) is 32.6. The summed E-state index contributed by atoms with van der Waals surface area (Å²) in [7, 11) is 0. The molecule has 2 heterocycles. The number of carbonyl (C=O) groups excluding carboxylic acids is 1. The van der Waals surface area contributed by atoms with Crippen LogP contribution in [0.2, 0.25) is 0 Å². The fourth-order valence-electron chi connectivity index (χ4n) is 1.28. The maximum Gasteiger partial charge on any atom is 0.219 e. The van der Waals surface area contributed by atoms with Crippen LogP contribution in [0.15, 0.2) is 11.3 Å².